The van der Waals surface area contributed by atoms with Crippen LogP contribution in [-0.2, 0) is 6.42 Å². The van der Waals surface area contributed by atoms with Crippen molar-refractivity contribution in [1.82, 2.24) is 0 Å². The molecule has 3 aromatic rings. The van der Waals surface area contributed by atoms with Gasteiger partial charge in [0.1, 0.15) is 11.5 Å². The van der Waals surface area contributed by atoms with Gasteiger partial charge in [0.2, 0.25) is 0 Å². The number of allylic oxidation sites excluding steroid dienone is 1. The van der Waals surface area contributed by atoms with Crippen LogP contribution in [-0.4, -0.2) is 0 Å². The van der Waals surface area contributed by atoms with Crippen molar-refractivity contribution in [2.24, 2.45) is 0 Å². The Bertz CT molecular complexity index is 957. The van der Waals surface area contributed by atoms with Crippen molar-refractivity contribution in [3.63, 3.8) is 0 Å². The molecule has 1 aliphatic rings. The summed E-state index contributed by atoms with van der Waals surface area (Å²) in [6.45, 7) is 0. The number of fused-ring (bicyclic) bond motifs is 1. The van der Waals surface area contributed by atoms with Crippen LogP contribution in [0.2, 0.25) is 15.1 Å². The Balaban J connectivity index is 1.82. The zero-order valence-corrected chi connectivity index (χ0v) is 15.4. The number of hydrogen-bond donors (Lipinski definition) is 0. The molecule has 124 valence electrons. The zero-order chi connectivity index (χ0) is 17.4. The monoisotopic (exact) mass is 386 g/mol. The van der Waals surface area contributed by atoms with Crippen LogP contribution < -0.4 is 4.74 Å². The average Bonchev–Trinajstić information content (AvgIpc) is 2.95. The van der Waals surface area contributed by atoms with E-state index >= 15 is 0 Å². The van der Waals surface area contributed by atoms with Gasteiger partial charge >= 0.3 is 0 Å². The molecule has 0 bridgehead atoms. The van der Waals surface area contributed by atoms with E-state index < -0.39 is 0 Å². The van der Waals surface area contributed by atoms with E-state index in [1.165, 1.54) is 5.56 Å². The molecule has 0 heterocycles. The first-order valence-corrected chi connectivity index (χ1v) is 8.95. The van der Waals surface area contributed by atoms with Gasteiger partial charge in [0.25, 0.3) is 0 Å². The molecule has 0 saturated heterocycles. The summed E-state index contributed by atoms with van der Waals surface area (Å²) < 4.78 is 6.24. The van der Waals surface area contributed by atoms with Gasteiger partial charge in [-0.25, -0.2) is 0 Å². The van der Waals surface area contributed by atoms with Crippen molar-refractivity contribution in [2.75, 3.05) is 0 Å². The van der Waals surface area contributed by atoms with Gasteiger partial charge in [-0.1, -0.05) is 53.0 Å². The molecule has 1 nitrogen and oxygen atoms in total. The molecule has 0 aliphatic heterocycles. The molecule has 0 fully saturated rings. The van der Waals surface area contributed by atoms with Crippen molar-refractivity contribution in [1.29, 1.82) is 0 Å². The Kier molecular flexibility index (Phi) is 4.47. The molecule has 0 N–H and O–H groups in total. The highest BCUT2D eigenvalue weighted by molar-refractivity contribution is 6.31. The van der Waals surface area contributed by atoms with E-state index in [1.54, 1.807) is 0 Å². The van der Waals surface area contributed by atoms with Crippen molar-refractivity contribution >= 4 is 46.1 Å². The standard InChI is InChI=1S/C21H13Cl3O/c22-15-4-1-13(2-5-15)19-11-14-3-6-17(24)12-20(14)21(19)25-18-9-7-16(23)8-10-18/h1-10,12H,11H2. The lowest BCUT2D eigenvalue weighted by Crippen LogP contribution is -1.96. The Morgan fingerprint density at radius 3 is 1.96 bits per heavy atom. The van der Waals surface area contributed by atoms with Crippen molar-refractivity contribution in [2.45, 2.75) is 6.42 Å². The van der Waals surface area contributed by atoms with Crippen LogP contribution in [0.4, 0.5) is 0 Å². The topological polar surface area (TPSA) is 9.23 Å². The summed E-state index contributed by atoms with van der Waals surface area (Å²) in [5.74, 6) is 1.56. The first-order chi connectivity index (χ1) is 12.1. The molecule has 1 aliphatic carbocycles. The molecule has 0 radical (unpaired) electrons. The molecule has 0 saturated carbocycles. The molecule has 0 aromatic heterocycles. The van der Waals surface area contributed by atoms with Gasteiger partial charge in [0.05, 0.1) is 0 Å². The molecule has 0 unspecified atom stereocenters. The molecule has 3 aromatic carbocycles. The second kappa shape index (κ2) is 6.76. The minimum absolute atomic E-state index is 0.675. The molecule has 4 rings (SSSR count). The first-order valence-electron chi connectivity index (χ1n) is 7.81. The van der Waals surface area contributed by atoms with Crippen LogP contribution in [0.25, 0.3) is 11.3 Å². The third-order valence-corrected chi connectivity index (χ3v) is 4.92. The fraction of sp³-hybridized carbons (Fsp3) is 0.0476. The van der Waals surface area contributed by atoms with Gasteiger partial charge in [-0.15, -0.1) is 0 Å². The highest BCUT2D eigenvalue weighted by atomic mass is 35.5. The molecular formula is C21H13Cl3O. The first kappa shape index (κ1) is 16.5. The quantitative estimate of drug-likeness (QED) is 0.463. The van der Waals surface area contributed by atoms with Gasteiger partial charge in [-0.3, -0.25) is 0 Å². The lowest BCUT2D eigenvalue weighted by Gasteiger charge is -2.12. The number of halogens is 3. The minimum atomic E-state index is 0.675. The van der Waals surface area contributed by atoms with Crippen LogP contribution in [0.15, 0.2) is 66.7 Å². The van der Waals surface area contributed by atoms with Crippen LogP contribution >= 0.6 is 34.8 Å². The maximum absolute atomic E-state index is 6.24. The Morgan fingerprint density at radius 1 is 0.680 bits per heavy atom. The van der Waals surface area contributed by atoms with Crippen LogP contribution in [0.3, 0.4) is 0 Å². The Labute approximate surface area is 161 Å². The summed E-state index contributed by atoms with van der Waals surface area (Å²) >= 11 is 18.2. The van der Waals surface area contributed by atoms with Crippen LogP contribution in [0.5, 0.6) is 5.75 Å². The number of ether oxygens (including phenoxy) is 1. The van der Waals surface area contributed by atoms with E-state index in [2.05, 4.69) is 0 Å². The number of hydrogen-bond acceptors (Lipinski definition) is 1. The zero-order valence-electron chi connectivity index (χ0n) is 13.1. The summed E-state index contributed by atoms with van der Waals surface area (Å²) in [6.07, 6.45) is 0.789. The Morgan fingerprint density at radius 2 is 1.28 bits per heavy atom. The second-order valence-electron chi connectivity index (χ2n) is 5.85. The van der Waals surface area contributed by atoms with E-state index in [1.807, 2.05) is 66.7 Å². The van der Waals surface area contributed by atoms with E-state index in [-0.39, 0.29) is 0 Å². The second-order valence-corrected chi connectivity index (χ2v) is 7.16. The highest BCUT2D eigenvalue weighted by Gasteiger charge is 2.25. The molecule has 0 atom stereocenters. The molecular weight excluding hydrogens is 375 g/mol. The van der Waals surface area contributed by atoms with E-state index in [4.69, 9.17) is 39.5 Å². The summed E-state index contributed by atoms with van der Waals surface area (Å²) in [5, 5.41) is 2.07. The van der Waals surface area contributed by atoms with Gasteiger partial charge in [0.15, 0.2) is 0 Å². The van der Waals surface area contributed by atoms with E-state index in [0.29, 0.717) is 15.1 Å². The van der Waals surface area contributed by atoms with Crippen LogP contribution in [0.1, 0.15) is 16.7 Å². The van der Waals surface area contributed by atoms with Crippen molar-refractivity contribution in [3.05, 3.63) is 98.5 Å². The van der Waals surface area contributed by atoms with E-state index in [0.717, 1.165) is 34.6 Å². The van der Waals surface area contributed by atoms with Gasteiger partial charge in [-0.05, 0) is 59.7 Å². The minimum Gasteiger partial charge on any atom is -0.456 e. The lowest BCUT2D eigenvalue weighted by atomic mass is 10.0. The molecule has 4 heteroatoms. The predicted molar refractivity (Wildman–Crippen MR) is 106 cm³/mol. The fourth-order valence-corrected chi connectivity index (χ4v) is 3.39. The average molecular weight is 388 g/mol. The lowest BCUT2D eigenvalue weighted by molar-refractivity contribution is 0.518. The highest BCUT2D eigenvalue weighted by Crippen LogP contribution is 2.41. The van der Waals surface area contributed by atoms with Crippen molar-refractivity contribution < 1.29 is 4.74 Å². The maximum Gasteiger partial charge on any atom is 0.139 e. The van der Waals surface area contributed by atoms with Gasteiger partial charge in [0, 0.05) is 32.6 Å². The molecule has 0 amide bonds. The number of rotatable bonds is 3. The fourth-order valence-electron chi connectivity index (χ4n) is 2.97. The van der Waals surface area contributed by atoms with Gasteiger partial charge < -0.3 is 4.74 Å². The summed E-state index contributed by atoms with van der Waals surface area (Å²) in [5.41, 5.74) is 4.41. The summed E-state index contributed by atoms with van der Waals surface area (Å²) in [4.78, 5) is 0. The summed E-state index contributed by atoms with van der Waals surface area (Å²) in [6, 6.07) is 21.0. The molecule has 25 heavy (non-hydrogen) atoms. The molecule has 0 spiro atoms. The van der Waals surface area contributed by atoms with Gasteiger partial charge in [-0.2, -0.15) is 0 Å². The SMILES string of the molecule is Clc1ccc(OC2=C(c3ccc(Cl)cc3)Cc3ccc(Cl)cc32)cc1. The predicted octanol–water partition coefficient (Wildman–Crippen LogP) is 7.15. The largest absolute Gasteiger partial charge is 0.456 e. The Hall–Kier alpha value is -1.93. The normalized spacial score (nSPS) is 13.1. The summed E-state index contributed by atoms with van der Waals surface area (Å²) in [7, 11) is 0. The smallest absolute Gasteiger partial charge is 0.139 e. The van der Waals surface area contributed by atoms with Crippen molar-refractivity contribution in [3.8, 4) is 5.75 Å². The number of benzene rings is 3. The third kappa shape index (κ3) is 3.41. The van der Waals surface area contributed by atoms with E-state index in [9.17, 15) is 0 Å². The van der Waals surface area contributed by atoms with Crippen LogP contribution in [0, 0.1) is 0 Å². The maximum atomic E-state index is 6.24. The third-order valence-electron chi connectivity index (χ3n) is 4.18.